The highest BCUT2D eigenvalue weighted by molar-refractivity contribution is 6.30. The van der Waals surface area contributed by atoms with Gasteiger partial charge in [-0.25, -0.2) is 4.90 Å². The van der Waals surface area contributed by atoms with Crippen LogP contribution in [0.15, 0.2) is 47.6 Å². The number of para-hydroxylation sites is 1. The summed E-state index contributed by atoms with van der Waals surface area (Å²) < 4.78 is 0. The van der Waals surface area contributed by atoms with Gasteiger partial charge in [0, 0.05) is 16.9 Å². The van der Waals surface area contributed by atoms with E-state index in [1.807, 2.05) is 56.3 Å². The normalized spacial score (nSPS) is 33.6. The molecule has 152 valence electrons. The van der Waals surface area contributed by atoms with Gasteiger partial charge < -0.3 is 4.84 Å². The fraction of sp³-hybridized carbons (Fsp3) is 0.375. The molecule has 0 aromatic heterocycles. The molecule has 6 rings (SSSR count). The number of amides is 2. The zero-order chi connectivity index (χ0) is 20.7. The Balaban J connectivity index is 1.38. The standard InChI is InChI=1S/C24H21ClN2O3/c1-11-4-3-5-12(2)21(11)27-23(28)17-15-10-16(18(17)24(27)29)22-19(15)20(26-30-22)13-6-8-14(25)9-7-13/h3-9,15-19,22H,10H2,1-2H3/t15-,16-,17+,18-,19-,22+/m1/s1. The Labute approximate surface area is 179 Å². The van der Waals surface area contributed by atoms with Crippen molar-refractivity contribution in [1.82, 2.24) is 0 Å². The molecule has 0 radical (unpaired) electrons. The molecular weight excluding hydrogens is 400 g/mol. The van der Waals surface area contributed by atoms with E-state index in [1.165, 1.54) is 4.90 Å². The van der Waals surface area contributed by atoms with Crippen molar-refractivity contribution in [2.75, 3.05) is 4.90 Å². The number of hydrogen-bond donors (Lipinski definition) is 0. The topological polar surface area (TPSA) is 59.0 Å². The van der Waals surface area contributed by atoms with Crippen LogP contribution in [0.3, 0.4) is 0 Å². The number of aryl methyl sites for hydroxylation is 2. The molecule has 5 nitrogen and oxygen atoms in total. The molecule has 4 aliphatic rings. The molecule has 6 atom stereocenters. The Hall–Kier alpha value is -2.66. The van der Waals surface area contributed by atoms with Crippen LogP contribution in [-0.4, -0.2) is 23.6 Å². The molecule has 3 fully saturated rings. The number of benzene rings is 2. The summed E-state index contributed by atoms with van der Waals surface area (Å²) in [5, 5.41) is 5.05. The van der Waals surface area contributed by atoms with E-state index in [-0.39, 0.29) is 47.5 Å². The molecule has 2 aromatic carbocycles. The lowest BCUT2D eigenvalue weighted by molar-refractivity contribution is -0.125. The van der Waals surface area contributed by atoms with Crippen LogP contribution in [-0.2, 0) is 14.4 Å². The molecule has 0 N–H and O–H groups in total. The minimum atomic E-state index is -0.303. The summed E-state index contributed by atoms with van der Waals surface area (Å²) in [5.74, 6) is -0.568. The zero-order valence-electron chi connectivity index (χ0n) is 16.7. The quantitative estimate of drug-likeness (QED) is 0.686. The number of oxime groups is 1. The Morgan fingerprint density at radius 3 is 2.23 bits per heavy atom. The number of carbonyl (C=O) groups is 2. The lowest BCUT2D eigenvalue weighted by Gasteiger charge is -2.29. The van der Waals surface area contributed by atoms with Crippen molar-refractivity contribution in [3.8, 4) is 0 Å². The van der Waals surface area contributed by atoms with Gasteiger partial charge in [0.25, 0.3) is 0 Å². The third-order valence-electron chi connectivity index (χ3n) is 7.49. The molecule has 2 aliphatic heterocycles. The second kappa shape index (κ2) is 6.17. The first-order chi connectivity index (χ1) is 14.5. The summed E-state index contributed by atoms with van der Waals surface area (Å²) in [7, 11) is 0. The summed E-state index contributed by atoms with van der Waals surface area (Å²) in [5.41, 5.74) is 4.50. The van der Waals surface area contributed by atoms with Crippen LogP contribution in [0.4, 0.5) is 5.69 Å². The van der Waals surface area contributed by atoms with Gasteiger partial charge >= 0.3 is 0 Å². The van der Waals surface area contributed by atoms with Crippen molar-refractivity contribution in [3.63, 3.8) is 0 Å². The Morgan fingerprint density at radius 1 is 0.933 bits per heavy atom. The van der Waals surface area contributed by atoms with Crippen LogP contribution in [0.5, 0.6) is 0 Å². The van der Waals surface area contributed by atoms with Gasteiger partial charge in [0.05, 0.1) is 23.2 Å². The van der Waals surface area contributed by atoms with E-state index in [0.717, 1.165) is 34.5 Å². The maximum absolute atomic E-state index is 13.6. The van der Waals surface area contributed by atoms with E-state index in [9.17, 15) is 9.59 Å². The lowest BCUT2D eigenvalue weighted by atomic mass is 9.71. The Morgan fingerprint density at radius 2 is 1.57 bits per heavy atom. The van der Waals surface area contributed by atoms with Gasteiger partial charge in [0.15, 0.2) is 0 Å². The monoisotopic (exact) mass is 420 g/mol. The fourth-order valence-corrected chi connectivity index (χ4v) is 6.49. The molecule has 0 spiro atoms. The van der Waals surface area contributed by atoms with Gasteiger partial charge in [0.1, 0.15) is 6.10 Å². The van der Waals surface area contributed by atoms with Gasteiger partial charge in [-0.3, -0.25) is 9.59 Å². The van der Waals surface area contributed by atoms with E-state index in [4.69, 9.17) is 16.4 Å². The Bertz CT molecular complexity index is 1110. The summed E-state index contributed by atoms with van der Waals surface area (Å²) in [6.07, 6.45) is 0.714. The molecule has 2 aromatic rings. The summed E-state index contributed by atoms with van der Waals surface area (Å²) in [4.78, 5) is 34.4. The molecule has 1 saturated heterocycles. The van der Waals surface area contributed by atoms with Crippen molar-refractivity contribution in [2.45, 2.75) is 26.4 Å². The van der Waals surface area contributed by atoms with Gasteiger partial charge in [-0.2, -0.15) is 0 Å². The SMILES string of the molecule is Cc1cccc(C)c1N1C(=O)[C@@H]2[C@H]3C[C@@H]([C@@H]4C(c5ccc(Cl)cc5)=NO[C@@H]34)[C@@H]2C1=O. The third kappa shape index (κ3) is 2.21. The largest absolute Gasteiger partial charge is 0.391 e. The minimum absolute atomic E-state index is 0.0318. The second-order valence-electron chi connectivity index (χ2n) is 8.95. The average molecular weight is 421 g/mol. The minimum Gasteiger partial charge on any atom is -0.391 e. The van der Waals surface area contributed by atoms with Gasteiger partial charge in [-0.1, -0.05) is 47.1 Å². The lowest BCUT2D eigenvalue weighted by Crippen LogP contribution is -2.41. The van der Waals surface area contributed by atoms with Crippen LogP contribution < -0.4 is 4.90 Å². The van der Waals surface area contributed by atoms with Crippen LogP contribution in [0.2, 0.25) is 5.02 Å². The molecule has 30 heavy (non-hydrogen) atoms. The number of rotatable bonds is 2. The highest BCUT2D eigenvalue weighted by Crippen LogP contribution is 2.62. The summed E-state index contributed by atoms with van der Waals surface area (Å²) in [6, 6.07) is 13.4. The van der Waals surface area contributed by atoms with Crippen molar-refractivity contribution in [1.29, 1.82) is 0 Å². The van der Waals surface area contributed by atoms with E-state index >= 15 is 0 Å². The molecule has 2 heterocycles. The third-order valence-corrected chi connectivity index (χ3v) is 7.75. The van der Waals surface area contributed by atoms with Crippen molar-refractivity contribution in [2.24, 2.45) is 34.7 Å². The van der Waals surface area contributed by atoms with Crippen LogP contribution in [0.1, 0.15) is 23.1 Å². The Kier molecular flexibility index (Phi) is 3.73. The molecule has 2 bridgehead atoms. The summed E-state index contributed by atoms with van der Waals surface area (Å²) in [6.45, 7) is 3.91. The first kappa shape index (κ1) is 18.1. The first-order valence-corrected chi connectivity index (χ1v) is 10.8. The average Bonchev–Trinajstić information content (AvgIpc) is 3.45. The molecular formula is C24H21ClN2O3. The van der Waals surface area contributed by atoms with Gasteiger partial charge in [-0.05, 0) is 55.0 Å². The number of carbonyl (C=O) groups excluding carboxylic acids is 2. The fourth-order valence-electron chi connectivity index (χ4n) is 6.36. The highest BCUT2D eigenvalue weighted by Gasteiger charge is 2.70. The van der Waals surface area contributed by atoms with Gasteiger partial charge in [-0.15, -0.1) is 0 Å². The predicted octanol–water partition coefficient (Wildman–Crippen LogP) is 4.13. The molecule has 2 saturated carbocycles. The molecule has 2 amide bonds. The van der Waals surface area contributed by atoms with Crippen LogP contribution in [0, 0.1) is 43.4 Å². The van der Waals surface area contributed by atoms with E-state index in [1.54, 1.807) is 0 Å². The number of halogens is 1. The van der Waals surface area contributed by atoms with Crippen molar-refractivity contribution in [3.05, 3.63) is 64.2 Å². The maximum Gasteiger partial charge on any atom is 0.238 e. The number of imide groups is 1. The van der Waals surface area contributed by atoms with E-state index in [0.29, 0.717) is 5.02 Å². The highest BCUT2D eigenvalue weighted by atomic mass is 35.5. The predicted molar refractivity (Wildman–Crippen MR) is 113 cm³/mol. The van der Waals surface area contributed by atoms with Crippen LogP contribution >= 0.6 is 11.6 Å². The zero-order valence-corrected chi connectivity index (χ0v) is 17.5. The smallest absolute Gasteiger partial charge is 0.238 e. The second-order valence-corrected chi connectivity index (χ2v) is 9.38. The van der Waals surface area contributed by atoms with Crippen LogP contribution in [0.25, 0.3) is 0 Å². The van der Waals surface area contributed by atoms with Crippen molar-refractivity contribution >= 4 is 34.8 Å². The number of nitrogens with zero attached hydrogens (tertiary/aromatic N) is 2. The molecule has 6 heteroatoms. The maximum atomic E-state index is 13.6. The number of fused-ring (bicyclic) bond motifs is 8. The number of anilines is 1. The van der Waals surface area contributed by atoms with Gasteiger partial charge in [0.2, 0.25) is 11.8 Å². The van der Waals surface area contributed by atoms with E-state index in [2.05, 4.69) is 5.16 Å². The van der Waals surface area contributed by atoms with Crippen molar-refractivity contribution < 1.29 is 14.4 Å². The first-order valence-electron chi connectivity index (χ1n) is 10.4. The summed E-state index contributed by atoms with van der Waals surface area (Å²) >= 11 is 6.04. The molecule has 2 aliphatic carbocycles. The number of hydrogen-bond acceptors (Lipinski definition) is 4. The van der Waals surface area contributed by atoms with E-state index < -0.39 is 0 Å². The molecule has 0 unspecified atom stereocenters.